The van der Waals surface area contributed by atoms with Gasteiger partial charge in [0.1, 0.15) is 5.82 Å². The van der Waals surface area contributed by atoms with E-state index in [0.717, 1.165) is 17.4 Å². The van der Waals surface area contributed by atoms with Gasteiger partial charge in [0.05, 0.1) is 6.04 Å². The molecule has 1 aliphatic rings. The zero-order chi connectivity index (χ0) is 12.8. The van der Waals surface area contributed by atoms with Crippen LogP contribution >= 0.6 is 11.5 Å². The van der Waals surface area contributed by atoms with Gasteiger partial charge in [0.25, 0.3) is 0 Å². The van der Waals surface area contributed by atoms with Crippen LogP contribution in [0.25, 0.3) is 0 Å². The number of benzene rings is 1. The Balaban J connectivity index is 1.92. The number of nitrogens with one attached hydrogen (secondary N) is 1. The molecule has 1 heterocycles. The van der Waals surface area contributed by atoms with Crippen molar-refractivity contribution in [1.29, 1.82) is 0 Å². The third-order valence-corrected chi connectivity index (χ3v) is 4.34. The average molecular weight is 259 g/mol. The number of hydrogen-bond acceptors (Lipinski definition) is 4. The van der Waals surface area contributed by atoms with Gasteiger partial charge in [-0.1, -0.05) is 38.1 Å². The van der Waals surface area contributed by atoms with Crippen LogP contribution in [0.15, 0.2) is 24.3 Å². The van der Waals surface area contributed by atoms with E-state index < -0.39 is 0 Å². The number of anilines is 1. The summed E-state index contributed by atoms with van der Waals surface area (Å²) < 4.78 is 4.22. The minimum atomic E-state index is 0.230. The molecule has 4 heteroatoms. The summed E-state index contributed by atoms with van der Waals surface area (Å²) in [6.07, 6.45) is 1.10. The molecule has 3 rings (SSSR count). The molecule has 1 aliphatic carbocycles. The highest BCUT2D eigenvalue weighted by Gasteiger charge is 2.36. The first-order chi connectivity index (χ1) is 8.56. The molecule has 1 N–H and O–H groups in total. The van der Waals surface area contributed by atoms with Crippen LogP contribution in [-0.4, -0.2) is 9.36 Å². The highest BCUT2D eigenvalue weighted by molar-refractivity contribution is 7.09. The summed E-state index contributed by atoms with van der Waals surface area (Å²) in [5, 5.41) is 4.44. The molecule has 1 aromatic heterocycles. The van der Waals surface area contributed by atoms with Gasteiger partial charge in [-0.15, -0.1) is 0 Å². The number of aryl methyl sites for hydroxylation is 1. The molecule has 0 radical (unpaired) electrons. The maximum absolute atomic E-state index is 4.39. The summed E-state index contributed by atoms with van der Waals surface area (Å²) in [5.74, 6) is 0.841. The van der Waals surface area contributed by atoms with Crippen molar-refractivity contribution < 1.29 is 0 Å². The Morgan fingerprint density at radius 3 is 2.83 bits per heavy atom. The molecule has 0 bridgehead atoms. The number of hydrogen-bond donors (Lipinski definition) is 1. The lowest BCUT2D eigenvalue weighted by Crippen LogP contribution is -2.14. The summed E-state index contributed by atoms with van der Waals surface area (Å²) in [6.45, 7) is 6.53. The van der Waals surface area contributed by atoms with E-state index >= 15 is 0 Å². The van der Waals surface area contributed by atoms with Gasteiger partial charge < -0.3 is 5.32 Å². The van der Waals surface area contributed by atoms with Gasteiger partial charge in [-0.2, -0.15) is 4.37 Å². The summed E-state index contributed by atoms with van der Waals surface area (Å²) in [4.78, 5) is 4.39. The monoisotopic (exact) mass is 259 g/mol. The minimum Gasteiger partial charge on any atom is -0.353 e. The van der Waals surface area contributed by atoms with E-state index in [0.29, 0.717) is 6.04 Å². The van der Waals surface area contributed by atoms with Gasteiger partial charge in [-0.25, -0.2) is 4.98 Å². The van der Waals surface area contributed by atoms with Gasteiger partial charge in [0, 0.05) is 11.5 Å². The molecule has 0 aliphatic heterocycles. The van der Waals surface area contributed by atoms with Gasteiger partial charge in [-0.3, -0.25) is 0 Å². The Bertz CT molecular complexity index is 574. The third kappa shape index (κ3) is 1.90. The summed E-state index contributed by atoms with van der Waals surface area (Å²) >= 11 is 1.44. The topological polar surface area (TPSA) is 37.8 Å². The van der Waals surface area contributed by atoms with Gasteiger partial charge in [0.15, 0.2) is 0 Å². The maximum atomic E-state index is 4.39. The van der Waals surface area contributed by atoms with E-state index in [1.165, 1.54) is 22.7 Å². The van der Waals surface area contributed by atoms with Crippen molar-refractivity contribution in [3.63, 3.8) is 0 Å². The van der Waals surface area contributed by atoms with E-state index in [1.54, 1.807) is 0 Å². The number of aromatic nitrogens is 2. The lowest BCUT2D eigenvalue weighted by atomic mass is 9.86. The summed E-state index contributed by atoms with van der Waals surface area (Å²) in [7, 11) is 0. The SMILES string of the molecule is Cc1nsc(NC2CC(C)(C)c3ccccc32)n1. The zero-order valence-corrected chi connectivity index (χ0v) is 11.7. The van der Waals surface area contributed by atoms with Crippen LogP contribution in [0.1, 0.15) is 43.3 Å². The lowest BCUT2D eigenvalue weighted by molar-refractivity contribution is 0.493. The molecule has 3 nitrogen and oxygen atoms in total. The molecule has 0 amide bonds. The molecule has 94 valence electrons. The highest BCUT2D eigenvalue weighted by Crippen LogP contribution is 2.45. The second-order valence-electron chi connectivity index (χ2n) is 5.52. The first-order valence-electron chi connectivity index (χ1n) is 6.22. The van der Waals surface area contributed by atoms with Crippen LogP contribution in [0.4, 0.5) is 5.13 Å². The predicted molar refractivity (Wildman–Crippen MR) is 75.1 cm³/mol. The van der Waals surface area contributed by atoms with Crippen molar-refractivity contribution in [2.75, 3.05) is 5.32 Å². The van der Waals surface area contributed by atoms with Crippen LogP contribution in [-0.2, 0) is 5.41 Å². The molecular formula is C14H17N3S. The minimum absolute atomic E-state index is 0.230. The van der Waals surface area contributed by atoms with Crippen molar-refractivity contribution in [1.82, 2.24) is 9.36 Å². The third-order valence-electron chi connectivity index (χ3n) is 3.61. The first-order valence-corrected chi connectivity index (χ1v) is 7.00. The van der Waals surface area contributed by atoms with Crippen molar-refractivity contribution >= 4 is 16.7 Å². The number of rotatable bonds is 2. The molecule has 1 atom stereocenters. The van der Waals surface area contributed by atoms with Crippen LogP contribution in [0.3, 0.4) is 0 Å². The van der Waals surface area contributed by atoms with Crippen molar-refractivity contribution in [3.8, 4) is 0 Å². The van der Waals surface area contributed by atoms with Gasteiger partial charge >= 0.3 is 0 Å². The van der Waals surface area contributed by atoms with Crippen LogP contribution in [0.5, 0.6) is 0 Å². The van der Waals surface area contributed by atoms with Gasteiger partial charge in [0.2, 0.25) is 5.13 Å². The Hall–Kier alpha value is -1.42. The smallest absolute Gasteiger partial charge is 0.203 e. The molecule has 2 aromatic rings. The normalized spacial score (nSPS) is 20.7. The van der Waals surface area contributed by atoms with E-state index in [2.05, 4.69) is 52.8 Å². The second kappa shape index (κ2) is 4.05. The number of fused-ring (bicyclic) bond motifs is 1. The molecule has 1 unspecified atom stereocenters. The van der Waals surface area contributed by atoms with E-state index in [-0.39, 0.29) is 5.41 Å². The summed E-state index contributed by atoms with van der Waals surface area (Å²) in [5.41, 5.74) is 3.08. The molecular weight excluding hydrogens is 242 g/mol. The first kappa shape index (κ1) is 11.7. The van der Waals surface area contributed by atoms with Crippen molar-refractivity contribution in [2.24, 2.45) is 0 Å². The molecule has 1 aromatic carbocycles. The predicted octanol–water partition coefficient (Wildman–Crippen LogP) is 3.68. The second-order valence-corrected chi connectivity index (χ2v) is 6.27. The Morgan fingerprint density at radius 1 is 1.33 bits per heavy atom. The quantitative estimate of drug-likeness (QED) is 0.894. The molecule has 0 saturated carbocycles. The largest absolute Gasteiger partial charge is 0.353 e. The lowest BCUT2D eigenvalue weighted by Gasteiger charge is -2.19. The Morgan fingerprint density at radius 2 is 2.11 bits per heavy atom. The van der Waals surface area contributed by atoms with Crippen LogP contribution < -0.4 is 5.32 Å². The van der Waals surface area contributed by atoms with E-state index in [1.807, 2.05) is 6.92 Å². The summed E-state index contributed by atoms with van der Waals surface area (Å²) in [6, 6.07) is 9.04. The number of nitrogens with zero attached hydrogens (tertiary/aromatic N) is 2. The highest BCUT2D eigenvalue weighted by atomic mass is 32.1. The standard InChI is InChI=1S/C14H17N3S/c1-9-15-13(18-17-9)16-12-8-14(2,3)11-7-5-4-6-10(11)12/h4-7,12H,8H2,1-3H3,(H,15,16,17). The fourth-order valence-electron chi connectivity index (χ4n) is 2.78. The van der Waals surface area contributed by atoms with Crippen molar-refractivity contribution in [3.05, 3.63) is 41.2 Å². The molecule has 0 spiro atoms. The Labute approximate surface area is 111 Å². The van der Waals surface area contributed by atoms with E-state index in [9.17, 15) is 0 Å². The van der Waals surface area contributed by atoms with Crippen LogP contribution in [0.2, 0.25) is 0 Å². The zero-order valence-electron chi connectivity index (χ0n) is 10.9. The average Bonchev–Trinajstić information content (AvgIpc) is 2.83. The molecule has 18 heavy (non-hydrogen) atoms. The van der Waals surface area contributed by atoms with Gasteiger partial charge in [-0.05, 0) is 29.9 Å². The van der Waals surface area contributed by atoms with Crippen LogP contribution in [0, 0.1) is 6.92 Å². The van der Waals surface area contributed by atoms with E-state index in [4.69, 9.17) is 0 Å². The fourth-order valence-corrected chi connectivity index (χ4v) is 3.41. The maximum Gasteiger partial charge on any atom is 0.203 e. The fraction of sp³-hybridized carbons (Fsp3) is 0.429. The molecule has 0 saturated heterocycles. The molecule has 0 fully saturated rings. The van der Waals surface area contributed by atoms with Crippen molar-refractivity contribution in [2.45, 2.75) is 38.6 Å². The Kier molecular flexibility index (Phi) is 2.63.